The third kappa shape index (κ3) is 4.60. The molecule has 1 unspecified atom stereocenters. The second-order valence-corrected chi connectivity index (χ2v) is 5.58. The summed E-state index contributed by atoms with van der Waals surface area (Å²) in [4.78, 5) is 20.8. The monoisotopic (exact) mass is 313 g/mol. The zero-order valence-electron chi connectivity index (χ0n) is 13.6. The maximum atomic E-state index is 12.6. The summed E-state index contributed by atoms with van der Waals surface area (Å²) in [6.07, 6.45) is 5.13. The van der Waals surface area contributed by atoms with Crippen LogP contribution in [0.2, 0.25) is 0 Å². The van der Waals surface area contributed by atoms with E-state index in [-0.39, 0.29) is 18.6 Å². The van der Waals surface area contributed by atoms with E-state index in [0.29, 0.717) is 12.0 Å². The fraction of sp³-hybridized carbons (Fsp3) is 0.389. The van der Waals surface area contributed by atoms with E-state index in [4.69, 9.17) is 0 Å². The normalized spacial score (nSPS) is 12.0. The van der Waals surface area contributed by atoms with Crippen LogP contribution in [0.4, 0.5) is 0 Å². The highest BCUT2D eigenvalue weighted by Gasteiger charge is 2.18. The second kappa shape index (κ2) is 8.39. The smallest absolute Gasteiger partial charge is 0.255 e. The first-order chi connectivity index (χ1) is 11.2. The molecular weight excluding hydrogens is 290 g/mol. The van der Waals surface area contributed by atoms with Gasteiger partial charge in [-0.15, -0.1) is 0 Å². The Morgan fingerprint density at radius 1 is 1.30 bits per heavy atom. The number of nitrogens with zero attached hydrogens (tertiary/aromatic N) is 2. The number of aliphatic hydroxyl groups is 1. The molecular formula is C18H23N3O2. The Bertz CT molecular complexity index is 641. The number of carbonyl (C=O) groups excluding carboxylic acids is 1. The Morgan fingerprint density at radius 3 is 2.70 bits per heavy atom. The van der Waals surface area contributed by atoms with E-state index in [1.807, 2.05) is 38.1 Å². The van der Waals surface area contributed by atoms with Gasteiger partial charge < -0.3 is 10.4 Å². The molecule has 2 rings (SSSR count). The van der Waals surface area contributed by atoms with Gasteiger partial charge in [-0.2, -0.15) is 0 Å². The number of aromatic nitrogens is 2. The predicted molar refractivity (Wildman–Crippen MR) is 89.1 cm³/mol. The van der Waals surface area contributed by atoms with E-state index in [1.54, 1.807) is 6.20 Å². The van der Waals surface area contributed by atoms with Crippen molar-refractivity contribution in [3.8, 4) is 0 Å². The third-order valence-electron chi connectivity index (χ3n) is 3.73. The number of nitrogens with one attached hydrogen (secondary N) is 1. The first-order valence-corrected chi connectivity index (χ1v) is 7.92. The Morgan fingerprint density at radius 2 is 2.04 bits per heavy atom. The Balaban J connectivity index is 2.19. The first-order valence-electron chi connectivity index (χ1n) is 7.92. The van der Waals surface area contributed by atoms with Crippen molar-refractivity contribution in [2.45, 2.75) is 39.2 Å². The van der Waals surface area contributed by atoms with Crippen molar-refractivity contribution in [1.29, 1.82) is 0 Å². The summed E-state index contributed by atoms with van der Waals surface area (Å²) in [6.45, 7) is 4.07. The maximum absolute atomic E-state index is 12.6. The quantitative estimate of drug-likeness (QED) is 0.824. The van der Waals surface area contributed by atoms with Crippen molar-refractivity contribution in [3.63, 3.8) is 0 Å². The van der Waals surface area contributed by atoms with E-state index in [2.05, 4.69) is 15.3 Å². The van der Waals surface area contributed by atoms with E-state index in [1.165, 1.54) is 6.33 Å². The van der Waals surface area contributed by atoms with E-state index in [9.17, 15) is 9.90 Å². The molecule has 1 heterocycles. The van der Waals surface area contributed by atoms with Gasteiger partial charge in [0.1, 0.15) is 6.33 Å². The lowest BCUT2D eigenvalue weighted by Crippen LogP contribution is -2.30. The van der Waals surface area contributed by atoms with E-state index < -0.39 is 0 Å². The first kappa shape index (κ1) is 17.1. The highest BCUT2D eigenvalue weighted by Crippen LogP contribution is 2.18. The van der Waals surface area contributed by atoms with Gasteiger partial charge in [0.05, 0.1) is 17.3 Å². The van der Waals surface area contributed by atoms with Gasteiger partial charge in [-0.1, -0.05) is 43.2 Å². The molecule has 0 aliphatic rings. The van der Waals surface area contributed by atoms with Gasteiger partial charge in [0.2, 0.25) is 0 Å². The minimum Gasteiger partial charge on any atom is -0.396 e. The largest absolute Gasteiger partial charge is 0.396 e. The van der Waals surface area contributed by atoms with Crippen molar-refractivity contribution in [1.82, 2.24) is 15.3 Å². The molecule has 122 valence electrons. The molecule has 2 aromatic rings. The number of hydrogen-bond donors (Lipinski definition) is 2. The molecule has 1 aromatic heterocycles. The van der Waals surface area contributed by atoms with Crippen molar-refractivity contribution in [2.24, 2.45) is 0 Å². The third-order valence-corrected chi connectivity index (χ3v) is 3.73. The number of benzene rings is 1. The lowest BCUT2D eigenvalue weighted by molar-refractivity contribution is 0.0928. The van der Waals surface area contributed by atoms with Gasteiger partial charge >= 0.3 is 0 Å². The van der Waals surface area contributed by atoms with Crippen LogP contribution in [0.1, 0.15) is 53.0 Å². The molecule has 0 fully saturated rings. The molecule has 0 bridgehead atoms. The van der Waals surface area contributed by atoms with Crippen molar-refractivity contribution < 1.29 is 9.90 Å². The highest BCUT2D eigenvalue weighted by molar-refractivity contribution is 5.95. The number of hydrogen-bond acceptors (Lipinski definition) is 4. The summed E-state index contributed by atoms with van der Waals surface area (Å²) in [6, 6.07) is 7.72. The standard InChI is InChI=1S/C18H23N3O2/c1-3-4-17-15(11-19-12-20-17)18(23)21-16(9-10-22)14-7-5-13(2)6-8-14/h5-8,11-12,16,22H,3-4,9-10H2,1-2H3,(H,21,23). The molecule has 0 radical (unpaired) electrons. The number of aliphatic hydroxyl groups excluding tert-OH is 1. The zero-order chi connectivity index (χ0) is 16.7. The molecule has 0 spiro atoms. The maximum Gasteiger partial charge on any atom is 0.255 e. The fourth-order valence-electron chi connectivity index (χ4n) is 2.47. The van der Waals surface area contributed by atoms with Crippen LogP contribution in [-0.2, 0) is 6.42 Å². The summed E-state index contributed by atoms with van der Waals surface area (Å²) in [5.41, 5.74) is 3.40. The fourth-order valence-corrected chi connectivity index (χ4v) is 2.47. The van der Waals surface area contributed by atoms with Crippen molar-refractivity contribution in [2.75, 3.05) is 6.61 Å². The topological polar surface area (TPSA) is 75.1 Å². The Kier molecular flexibility index (Phi) is 6.23. The lowest BCUT2D eigenvalue weighted by Gasteiger charge is -2.19. The second-order valence-electron chi connectivity index (χ2n) is 5.58. The van der Waals surface area contributed by atoms with Gasteiger partial charge in [0, 0.05) is 12.8 Å². The summed E-state index contributed by atoms with van der Waals surface area (Å²) < 4.78 is 0. The van der Waals surface area contributed by atoms with Crippen LogP contribution in [0.5, 0.6) is 0 Å². The van der Waals surface area contributed by atoms with Crippen molar-refractivity contribution >= 4 is 5.91 Å². The number of rotatable bonds is 7. The van der Waals surface area contributed by atoms with Gasteiger partial charge in [-0.05, 0) is 25.3 Å². The molecule has 0 aliphatic carbocycles. The summed E-state index contributed by atoms with van der Waals surface area (Å²) in [7, 11) is 0. The van der Waals surface area contributed by atoms with Gasteiger partial charge in [0.15, 0.2) is 0 Å². The minimum atomic E-state index is -0.234. The highest BCUT2D eigenvalue weighted by atomic mass is 16.3. The van der Waals surface area contributed by atoms with E-state index in [0.717, 1.165) is 29.7 Å². The molecule has 0 saturated carbocycles. The van der Waals surface area contributed by atoms with Gasteiger partial charge in [0.25, 0.3) is 5.91 Å². The Hall–Kier alpha value is -2.27. The summed E-state index contributed by atoms with van der Waals surface area (Å²) in [5, 5.41) is 12.3. The van der Waals surface area contributed by atoms with Crippen LogP contribution in [0, 0.1) is 6.92 Å². The predicted octanol–water partition coefficient (Wildman–Crippen LogP) is 2.59. The minimum absolute atomic E-state index is 0.00588. The molecule has 1 atom stereocenters. The molecule has 1 aromatic carbocycles. The van der Waals surface area contributed by atoms with Crippen LogP contribution in [0.3, 0.4) is 0 Å². The van der Waals surface area contributed by atoms with E-state index >= 15 is 0 Å². The molecule has 5 nitrogen and oxygen atoms in total. The van der Waals surface area contributed by atoms with Crippen LogP contribution in [0.25, 0.3) is 0 Å². The average Bonchev–Trinajstić information content (AvgIpc) is 2.56. The summed E-state index contributed by atoms with van der Waals surface area (Å²) in [5.74, 6) is -0.201. The number of aryl methyl sites for hydroxylation is 2. The van der Waals surface area contributed by atoms with Crippen LogP contribution < -0.4 is 5.32 Å². The molecule has 0 aliphatic heterocycles. The van der Waals surface area contributed by atoms with Crippen LogP contribution >= 0.6 is 0 Å². The zero-order valence-corrected chi connectivity index (χ0v) is 13.6. The van der Waals surface area contributed by atoms with Crippen LogP contribution in [0.15, 0.2) is 36.8 Å². The average molecular weight is 313 g/mol. The summed E-state index contributed by atoms with van der Waals surface area (Å²) >= 11 is 0. The molecule has 5 heteroatoms. The molecule has 0 saturated heterocycles. The number of amides is 1. The van der Waals surface area contributed by atoms with Crippen molar-refractivity contribution in [3.05, 3.63) is 59.2 Å². The molecule has 2 N–H and O–H groups in total. The van der Waals surface area contributed by atoms with Gasteiger partial charge in [-0.25, -0.2) is 9.97 Å². The SMILES string of the molecule is CCCc1ncncc1C(=O)NC(CCO)c1ccc(C)cc1. The Labute approximate surface area is 136 Å². The lowest BCUT2D eigenvalue weighted by atomic mass is 10.0. The molecule has 23 heavy (non-hydrogen) atoms. The molecule has 1 amide bonds. The number of carbonyl (C=O) groups is 1. The van der Waals surface area contributed by atoms with Crippen LogP contribution in [-0.4, -0.2) is 27.6 Å². The van der Waals surface area contributed by atoms with Gasteiger partial charge in [-0.3, -0.25) is 4.79 Å².